The number of anilines is 1. The third-order valence-corrected chi connectivity index (χ3v) is 1.73. The van der Waals surface area contributed by atoms with Gasteiger partial charge < -0.3 is 11.5 Å². The zero-order valence-corrected chi connectivity index (χ0v) is 7.84. The minimum Gasteiger partial charge on any atom is -0.396 e. The second kappa shape index (κ2) is 4.54. The highest BCUT2D eigenvalue weighted by molar-refractivity contribution is 5.76. The standard InChI is InChI=1S/C10H10F2N2O/c11-7-5-9(13)8(12)4-6(7)2-1-3-10(14)15/h1-2,4-5H,3,13H2,(H2,14,15). The summed E-state index contributed by atoms with van der Waals surface area (Å²) < 4.78 is 26.1. The average molecular weight is 212 g/mol. The molecule has 0 heterocycles. The summed E-state index contributed by atoms with van der Waals surface area (Å²) in [6.45, 7) is 0. The number of benzene rings is 1. The van der Waals surface area contributed by atoms with Crippen LogP contribution in [0.2, 0.25) is 0 Å². The molecule has 4 N–H and O–H groups in total. The summed E-state index contributed by atoms with van der Waals surface area (Å²) >= 11 is 0. The number of halogens is 2. The Kier molecular flexibility index (Phi) is 3.38. The summed E-state index contributed by atoms with van der Waals surface area (Å²) in [7, 11) is 0. The highest BCUT2D eigenvalue weighted by Gasteiger charge is 2.04. The van der Waals surface area contributed by atoms with Gasteiger partial charge in [0, 0.05) is 18.1 Å². The van der Waals surface area contributed by atoms with Gasteiger partial charge in [-0.15, -0.1) is 0 Å². The number of rotatable bonds is 3. The second-order valence-electron chi connectivity index (χ2n) is 2.97. The number of hydrogen-bond acceptors (Lipinski definition) is 2. The fourth-order valence-electron chi connectivity index (χ4n) is 1.01. The zero-order valence-electron chi connectivity index (χ0n) is 7.84. The largest absolute Gasteiger partial charge is 0.396 e. The van der Waals surface area contributed by atoms with E-state index in [9.17, 15) is 13.6 Å². The molecule has 0 aromatic heterocycles. The van der Waals surface area contributed by atoms with E-state index in [1.807, 2.05) is 0 Å². The Bertz CT molecular complexity index is 416. The topological polar surface area (TPSA) is 69.1 Å². The minimum atomic E-state index is -0.699. The first-order valence-electron chi connectivity index (χ1n) is 4.20. The van der Waals surface area contributed by atoms with Crippen LogP contribution in [0.5, 0.6) is 0 Å². The molecule has 0 unspecified atom stereocenters. The number of nitrogen functional groups attached to an aromatic ring is 1. The molecule has 0 saturated carbocycles. The number of amides is 1. The quantitative estimate of drug-likeness (QED) is 0.744. The van der Waals surface area contributed by atoms with Crippen LogP contribution < -0.4 is 11.5 Å². The van der Waals surface area contributed by atoms with Crippen LogP contribution in [0.1, 0.15) is 12.0 Å². The van der Waals surface area contributed by atoms with Gasteiger partial charge in [0.05, 0.1) is 5.69 Å². The molecule has 5 heteroatoms. The van der Waals surface area contributed by atoms with Crippen LogP contribution in [0.4, 0.5) is 14.5 Å². The lowest BCUT2D eigenvalue weighted by molar-refractivity contribution is -0.117. The van der Waals surface area contributed by atoms with Crippen LogP contribution in [0, 0.1) is 11.6 Å². The Morgan fingerprint density at radius 1 is 1.33 bits per heavy atom. The van der Waals surface area contributed by atoms with E-state index in [4.69, 9.17) is 11.5 Å². The van der Waals surface area contributed by atoms with Gasteiger partial charge in [-0.3, -0.25) is 4.79 Å². The molecule has 3 nitrogen and oxygen atoms in total. The highest BCUT2D eigenvalue weighted by Crippen LogP contribution is 2.17. The van der Waals surface area contributed by atoms with Crippen molar-refractivity contribution in [2.24, 2.45) is 5.73 Å². The Morgan fingerprint density at radius 3 is 2.60 bits per heavy atom. The van der Waals surface area contributed by atoms with Crippen molar-refractivity contribution < 1.29 is 13.6 Å². The predicted molar refractivity (Wildman–Crippen MR) is 53.6 cm³/mol. The first-order valence-corrected chi connectivity index (χ1v) is 4.20. The third-order valence-electron chi connectivity index (χ3n) is 1.73. The molecule has 0 spiro atoms. The number of carbonyl (C=O) groups excluding carboxylic acids is 1. The maximum absolute atomic E-state index is 13.1. The van der Waals surface area contributed by atoms with Gasteiger partial charge in [-0.25, -0.2) is 8.78 Å². The Labute approximate surface area is 85.4 Å². The van der Waals surface area contributed by atoms with E-state index in [1.165, 1.54) is 12.2 Å². The Morgan fingerprint density at radius 2 is 2.00 bits per heavy atom. The van der Waals surface area contributed by atoms with Gasteiger partial charge in [0.15, 0.2) is 0 Å². The molecule has 1 rings (SSSR count). The normalized spacial score (nSPS) is 10.8. The molecular weight excluding hydrogens is 202 g/mol. The number of nitrogens with two attached hydrogens (primary N) is 2. The van der Waals surface area contributed by atoms with Crippen LogP contribution in [-0.4, -0.2) is 5.91 Å². The number of carbonyl (C=O) groups is 1. The van der Waals surface area contributed by atoms with Crippen LogP contribution in [0.3, 0.4) is 0 Å². The fourth-order valence-corrected chi connectivity index (χ4v) is 1.01. The highest BCUT2D eigenvalue weighted by atomic mass is 19.1. The van der Waals surface area contributed by atoms with Crippen molar-refractivity contribution in [2.75, 3.05) is 5.73 Å². The molecule has 0 aliphatic heterocycles. The summed E-state index contributed by atoms with van der Waals surface area (Å²) in [6, 6.07) is 1.85. The van der Waals surface area contributed by atoms with Crippen LogP contribution in [0.25, 0.3) is 6.08 Å². The lowest BCUT2D eigenvalue weighted by Gasteiger charge is -2.00. The van der Waals surface area contributed by atoms with E-state index >= 15 is 0 Å². The summed E-state index contributed by atoms with van der Waals surface area (Å²) in [6.07, 6.45) is 2.62. The average Bonchev–Trinajstić information content (AvgIpc) is 2.13. The maximum atomic E-state index is 13.1. The van der Waals surface area contributed by atoms with Crippen molar-refractivity contribution in [3.63, 3.8) is 0 Å². The first-order chi connectivity index (χ1) is 7.00. The monoisotopic (exact) mass is 212 g/mol. The molecule has 1 amide bonds. The lowest BCUT2D eigenvalue weighted by atomic mass is 10.1. The molecule has 80 valence electrons. The van der Waals surface area contributed by atoms with Crippen molar-refractivity contribution in [1.29, 1.82) is 0 Å². The maximum Gasteiger partial charge on any atom is 0.221 e. The van der Waals surface area contributed by atoms with E-state index < -0.39 is 17.5 Å². The molecule has 0 atom stereocenters. The summed E-state index contributed by atoms with van der Waals surface area (Å²) in [5.74, 6) is -1.88. The van der Waals surface area contributed by atoms with Crippen molar-refractivity contribution in [1.82, 2.24) is 0 Å². The van der Waals surface area contributed by atoms with Crippen molar-refractivity contribution in [3.05, 3.63) is 35.4 Å². The van der Waals surface area contributed by atoms with Crippen LogP contribution >= 0.6 is 0 Å². The number of hydrogen-bond donors (Lipinski definition) is 2. The molecule has 0 radical (unpaired) electrons. The second-order valence-corrected chi connectivity index (χ2v) is 2.97. The first kappa shape index (κ1) is 11.2. The molecule has 0 aliphatic carbocycles. The van der Waals surface area contributed by atoms with E-state index in [1.54, 1.807) is 0 Å². The van der Waals surface area contributed by atoms with Gasteiger partial charge in [-0.1, -0.05) is 12.2 Å². The number of primary amides is 1. The SMILES string of the molecule is NC(=O)CC=Cc1cc(F)c(N)cc1F. The van der Waals surface area contributed by atoms with Gasteiger partial charge >= 0.3 is 0 Å². The minimum absolute atomic E-state index is 0.0224. The summed E-state index contributed by atoms with van der Waals surface area (Å²) in [5, 5.41) is 0. The molecule has 1 aromatic carbocycles. The van der Waals surface area contributed by atoms with Gasteiger partial charge in [0.25, 0.3) is 0 Å². The van der Waals surface area contributed by atoms with Gasteiger partial charge in [-0.05, 0) is 6.07 Å². The predicted octanol–water partition coefficient (Wildman–Crippen LogP) is 1.44. The van der Waals surface area contributed by atoms with Crippen molar-refractivity contribution >= 4 is 17.7 Å². The van der Waals surface area contributed by atoms with E-state index in [0.29, 0.717) is 0 Å². The summed E-state index contributed by atoms with van der Waals surface area (Å²) in [4.78, 5) is 10.4. The molecule has 0 bridgehead atoms. The molecule has 0 saturated heterocycles. The van der Waals surface area contributed by atoms with Gasteiger partial charge in [0.1, 0.15) is 11.6 Å². The molecular formula is C10H10F2N2O. The third kappa shape index (κ3) is 3.05. The van der Waals surface area contributed by atoms with Gasteiger partial charge in [-0.2, -0.15) is 0 Å². The van der Waals surface area contributed by atoms with Gasteiger partial charge in [0.2, 0.25) is 5.91 Å². The van der Waals surface area contributed by atoms with Crippen LogP contribution in [-0.2, 0) is 4.79 Å². The Hall–Kier alpha value is -1.91. The fraction of sp³-hybridized carbons (Fsp3) is 0.100. The molecule has 1 aromatic rings. The van der Waals surface area contributed by atoms with E-state index in [2.05, 4.69) is 0 Å². The smallest absolute Gasteiger partial charge is 0.221 e. The van der Waals surface area contributed by atoms with Crippen molar-refractivity contribution in [2.45, 2.75) is 6.42 Å². The van der Waals surface area contributed by atoms with E-state index in [-0.39, 0.29) is 17.7 Å². The zero-order chi connectivity index (χ0) is 11.4. The molecule has 0 aliphatic rings. The molecule has 15 heavy (non-hydrogen) atoms. The van der Waals surface area contributed by atoms with Crippen LogP contribution in [0.15, 0.2) is 18.2 Å². The Balaban J connectivity index is 2.90. The van der Waals surface area contributed by atoms with Crippen molar-refractivity contribution in [3.8, 4) is 0 Å². The lowest BCUT2D eigenvalue weighted by Crippen LogP contribution is -2.07. The molecule has 0 fully saturated rings. The summed E-state index contributed by atoms with van der Waals surface area (Å²) in [5.41, 5.74) is 9.80. The van der Waals surface area contributed by atoms with E-state index in [0.717, 1.165) is 12.1 Å².